The number of rotatable bonds is 2. The van der Waals surface area contributed by atoms with Crippen LogP contribution in [0.4, 0.5) is 10.7 Å². The second-order valence-electron chi connectivity index (χ2n) is 2.75. The van der Waals surface area contributed by atoms with Crippen molar-refractivity contribution in [1.29, 1.82) is 5.26 Å². The second-order valence-corrected chi connectivity index (χ2v) is 3.57. The highest BCUT2D eigenvalue weighted by Gasteiger charge is 1.97. The summed E-state index contributed by atoms with van der Waals surface area (Å²) >= 11 is 1.29. The molecule has 0 spiro atoms. The predicted octanol–water partition coefficient (Wildman–Crippen LogP) is 3.84. The van der Waals surface area contributed by atoms with Crippen LogP contribution in [0.15, 0.2) is 46.6 Å². The highest BCUT2D eigenvalue weighted by molar-refractivity contribution is 7.13. The summed E-state index contributed by atoms with van der Waals surface area (Å²) in [7, 11) is 0. The van der Waals surface area contributed by atoms with E-state index >= 15 is 0 Å². The minimum absolute atomic E-state index is 0.502. The monoisotopic (exact) mass is 212 g/mol. The van der Waals surface area contributed by atoms with Crippen LogP contribution < -0.4 is 0 Å². The third-order valence-electron chi connectivity index (χ3n) is 1.67. The molecule has 15 heavy (non-hydrogen) atoms. The molecule has 0 saturated carbocycles. The molecule has 0 saturated heterocycles. The van der Waals surface area contributed by atoms with E-state index in [2.05, 4.69) is 15.6 Å². The predicted molar refractivity (Wildman–Crippen MR) is 58.5 cm³/mol. The molecule has 1 aromatic heterocycles. The van der Waals surface area contributed by atoms with Crippen molar-refractivity contribution in [2.75, 3.05) is 0 Å². The Hall–Kier alpha value is -1.99. The lowest BCUT2D eigenvalue weighted by molar-refractivity contribution is 1.25. The number of nitriles is 1. The molecule has 3 nitrogen and oxygen atoms in total. The van der Waals surface area contributed by atoms with Gasteiger partial charge in [-0.25, -0.2) is 0 Å². The maximum Gasteiger partial charge on any atom is 0.140 e. The molecule has 1 aromatic carbocycles. The van der Waals surface area contributed by atoms with Gasteiger partial charge in [-0.15, -0.1) is 21.6 Å². The summed E-state index contributed by atoms with van der Waals surface area (Å²) in [4.78, 5) is 0. The number of hydrogen-bond acceptors (Lipinski definition) is 4. The lowest BCUT2D eigenvalue weighted by atomic mass is 10.3. The molecule has 0 amide bonds. The number of thiophene rings is 1. The van der Waals surface area contributed by atoms with Gasteiger partial charge in [0.1, 0.15) is 11.1 Å². The van der Waals surface area contributed by atoms with Gasteiger partial charge in [0.15, 0.2) is 0 Å². The van der Waals surface area contributed by atoms with Gasteiger partial charge in [-0.2, -0.15) is 5.26 Å². The van der Waals surface area contributed by atoms with Crippen molar-refractivity contribution >= 4 is 22.0 Å². The zero-order valence-corrected chi connectivity index (χ0v) is 8.53. The highest BCUT2D eigenvalue weighted by atomic mass is 32.1. The van der Waals surface area contributed by atoms with Crippen molar-refractivity contribution in [3.8, 4) is 6.07 Å². The Morgan fingerprint density at radius 2 is 2.00 bits per heavy atom. The van der Waals surface area contributed by atoms with Gasteiger partial charge in [-0.3, -0.25) is 0 Å². The smallest absolute Gasteiger partial charge is 0.140 e. The molecule has 4 heteroatoms. The van der Waals surface area contributed by atoms with Gasteiger partial charge in [0.25, 0.3) is 0 Å². The fourth-order valence-electron chi connectivity index (χ4n) is 0.996. The number of azo groups is 1. The van der Waals surface area contributed by atoms with Crippen molar-refractivity contribution < 1.29 is 0 Å². The molecule has 0 unspecified atom stereocenters. The zero-order chi connectivity index (χ0) is 10.5. The van der Waals surface area contributed by atoms with Crippen molar-refractivity contribution in [1.82, 2.24) is 0 Å². The molecule has 71 valence electrons. The van der Waals surface area contributed by atoms with Crippen molar-refractivity contribution in [2.45, 2.75) is 0 Å². The molecule has 0 bridgehead atoms. The molecule has 2 aromatic rings. The van der Waals surface area contributed by atoms with E-state index < -0.39 is 0 Å². The Kier molecular flexibility index (Phi) is 2.86. The molecule has 0 aliphatic rings. The minimum atomic E-state index is 0.502. The summed E-state index contributed by atoms with van der Waals surface area (Å²) in [6, 6.07) is 13.1. The molecule has 0 atom stereocenters. The average Bonchev–Trinajstić information content (AvgIpc) is 2.76. The molecular weight excluding hydrogens is 206 g/mol. The number of hydrogen-bond donors (Lipinski definition) is 0. The number of nitrogens with zero attached hydrogens (tertiary/aromatic N) is 3. The fraction of sp³-hybridized carbons (Fsp3) is 0. The van der Waals surface area contributed by atoms with E-state index in [0.717, 1.165) is 5.69 Å². The van der Waals surface area contributed by atoms with Crippen LogP contribution in [0, 0.1) is 16.7 Å². The molecular formula is C11H6N3S. The summed E-state index contributed by atoms with van der Waals surface area (Å²) < 4.78 is 0. The molecule has 0 N–H and O–H groups in total. The summed E-state index contributed by atoms with van der Waals surface area (Å²) in [6.07, 6.45) is 0. The van der Waals surface area contributed by atoms with Crippen molar-refractivity contribution in [2.24, 2.45) is 10.2 Å². The summed E-state index contributed by atoms with van der Waals surface area (Å²) in [5.41, 5.74) is 1.30. The van der Waals surface area contributed by atoms with Gasteiger partial charge in [-0.05, 0) is 18.2 Å². The van der Waals surface area contributed by atoms with Crippen LogP contribution in [-0.4, -0.2) is 0 Å². The average molecular weight is 212 g/mol. The molecule has 0 aliphatic carbocycles. The first-order valence-corrected chi connectivity index (χ1v) is 5.08. The van der Waals surface area contributed by atoms with Crippen LogP contribution in [0.3, 0.4) is 0 Å². The van der Waals surface area contributed by atoms with Gasteiger partial charge >= 0.3 is 0 Å². The van der Waals surface area contributed by atoms with E-state index in [1.807, 2.05) is 36.4 Å². The van der Waals surface area contributed by atoms with Crippen LogP contribution in [0.25, 0.3) is 0 Å². The maximum atomic E-state index is 8.59. The molecule has 2 rings (SSSR count). The highest BCUT2D eigenvalue weighted by Crippen LogP contribution is 2.24. The summed E-state index contributed by atoms with van der Waals surface area (Å²) in [5.74, 6) is 0. The van der Waals surface area contributed by atoms with E-state index in [9.17, 15) is 0 Å². The van der Waals surface area contributed by atoms with E-state index in [0.29, 0.717) is 10.6 Å². The second kappa shape index (κ2) is 4.49. The molecule has 1 radical (unpaired) electrons. The van der Waals surface area contributed by atoms with E-state index in [-0.39, 0.29) is 0 Å². The van der Waals surface area contributed by atoms with E-state index in [1.165, 1.54) is 11.3 Å². The number of benzene rings is 1. The first-order valence-electron chi connectivity index (χ1n) is 4.27. The Morgan fingerprint density at radius 3 is 2.67 bits per heavy atom. The normalized spacial score (nSPS) is 10.3. The van der Waals surface area contributed by atoms with Crippen LogP contribution in [0.5, 0.6) is 0 Å². The first-order chi connectivity index (χ1) is 7.38. The van der Waals surface area contributed by atoms with Crippen LogP contribution in [-0.2, 0) is 0 Å². The van der Waals surface area contributed by atoms with Crippen molar-refractivity contribution in [3.05, 3.63) is 47.3 Å². The Balaban J connectivity index is 2.16. The third kappa shape index (κ3) is 2.48. The third-order valence-corrected chi connectivity index (χ3v) is 2.40. The Bertz CT molecular complexity index is 508. The standard InChI is InChI=1S/C11H6N3S/c12-7-9-6-11(15-8-9)14-13-10-4-2-1-3-5-10/h1-6H/b14-13+. The van der Waals surface area contributed by atoms with Gasteiger partial charge in [-0.1, -0.05) is 18.2 Å². The van der Waals surface area contributed by atoms with E-state index in [1.54, 1.807) is 6.07 Å². The van der Waals surface area contributed by atoms with Gasteiger partial charge in [0.05, 0.1) is 16.6 Å². The van der Waals surface area contributed by atoms with Crippen LogP contribution >= 0.6 is 11.3 Å². The summed E-state index contributed by atoms with van der Waals surface area (Å²) in [6.45, 7) is 0. The SMILES string of the molecule is N#Cc1[c]sc(/N=N/c2ccccc2)c1. The lowest BCUT2D eigenvalue weighted by Crippen LogP contribution is -1.60. The van der Waals surface area contributed by atoms with Crippen molar-refractivity contribution in [3.63, 3.8) is 0 Å². The largest absolute Gasteiger partial charge is 0.192 e. The van der Waals surface area contributed by atoms with Gasteiger partial charge in [0.2, 0.25) is 0 Å². The molecule has 1 heterocycles. The summed E-state index contributed by atoms with van der Waals surface area (Å²) in [5, 5.41) is 20.1. The fourth-order valence-corrected chi connectivity index (χ4v) is 1.57. The molecule has 0 fully saturated rings. The maximum absolute atomic E-state index is 8.59. The lowest BCUT2D eigenvalue weighted by Gasteiger charge is -1.87. The quantitative estimate of drug-likeness (QED) is 0.698. The zero-order valence-electron chi connectivity index (χ0n) is 7.71. The van der Waals surface area contributed by atoms with Crippen LogP contribution in [0.1, 0.15) is 5.56 Å². The molecule has 0 aliphatic heterocycles. The van der Waals surface area contributed by atoms with Gasteiger partial charge in [0, 0.05) is 0 Å². The van der Waals surface area contributed by atoms with E-state index in [4.69, 9.17) is 5.26 Å². The minimum Gasteiger partial charge on any atom is -0.192 e. The Labute approximate surface area is 91.3 Å². The first kappa shape index (κ1) is 9.56. The Morgan fingerprint density at radius 1 is 1.20 bits per heavy atom. The van der Waals surface area contributed by atoms with Crippen LogP contribution in [0.2, 0.25) is 0 Å². The van der Waals surface area contributed by atoms with Gasteiger partial charge < -0.3 is 0 Å². The topological polar surface area (TPSA) is 48.5 Å².